The fourth-order valence-corrected chi connectivity index (χ4v) is 1.76. The molecule has 0 aromatic heterocycles. The van der Waals surface area contributed by atoms with Crippen LogP contribution < -0.4 is 10.1 Å². The Hall–Kier alpha value is -1.09. The summed E-state index contributed by atoms with van der Waals surface area (Å²) in [6.07, 6.45) is 5.07. The average Bonchev–Trinajstić information content (AvgIpc) is 2.36. The van der Waals surface area contributed by atoms with Crippen LogP contribution in [0.4, 0.5) is 4.39 Å². The van der Waals surface area contributed by atoms with Crippen LogP contribution in [0.3, 0.4) is 0 Å². The van der Waals surface area contributed by atoms with Gasteiger partial charge >= 0.3 is 0 Å². The van der Waals surface area contributed by atoms with Gasteiger partial charge in [-0.3, -0.25) is 0 Å². The van der Waals surface area contributed by atoms with Crippen molar-refractivity contribution in [3.8, 4) is 5.75 Å². The van der Waals surface area contributed by atoms with Gasteiger partial charge in [0.25, 0.3) is 0 Å². The lowest BCUT2D eigenvalue weighted by Crippen LogP contribution is -2.22. The van der Waals surface area contributed by atoms with Crippen LogP contribution in [0.2, 0.25) is 0 Å². The molecule has 0 fully saturated rings. The van der Waals surface area contributed by atoms with Crippen molar-refractivity contribution in [2.45, 2.75) is 39.5 Å². The van der Waals surface area contributed by atoms with E-state index in [-0.39, 0.29) is 5.82 Å². The summed E-state index contributed by atoms with van der Waals surface area (Å²) in [5.74, 6) is 0.394. The van der Waals surface area contributed by atoms with Crippen LogP contribution in [0.25, 0.3) is 0 Å². The lowest BCUT2D eigenvalue weighted by Gasteiger charge is -2.09. The van der Waals surface area contributed by atoms with E-state index >= 15 is 0 Å². The van der Waals surface area contributed by atoms with Gasteiger partial charge in [0.05, 0.1) is 0 Å². The molecule has 3 heteroatoms. The number of ether oxygens (including phenoxy) is 1. The minimum absolute atomic E-state index is 0.247. The maximum Gasteiger partial charge on any atom is 0.126 e. The summed E-state index contributed by atoms with van der Waals surface area (Å²) >= 11 is 0. The van der Waals surface area contributed by atoms with E-state index in [9.17, 15) is 4.39 Å². The molecule has 1 aromatic rings. The Labute approximate surface area is 110 Å². The van der Waals surface area contributed by atoms with Crippen molar-refractivity contribution >= 4 is 0 Å². The molecule has 0 aliphatic carbocycles. The topological polar surface area (TPSA) is 21.3 Å². The number of benzene rings is 1. The summed E-state index contributed by atoms with van der Waals surface area (Å²) in [7, 11) is 0. The number of hydrogen-bond donors (Lipinski definition) is 1. The monoisotopic (exact) mass is 253 g/mol. The zero-order chi connectivity index (χ0) is 13.2. The number of nitrogens with one attached hydrogen (secondary N) is 1. The first kappa shape index (κ1) is 15.0. The minimum Gasteiger partial charge on any atom is -0.492 e. The molecule has 1 rings (SSSR count). The van der Waals surface area contributed by atoms with Crippen LogP contribution >= 0.6 is 0 Å². The smallest absolute Gasteiger partial charge is 0.126 e. The van der Waals surface area contributed by atoms with E-state index in [4.69, 9.17) is 4.74 Å². The first-order valence-corrected chi connectivity index (χ1v) is 6.83. The third kappa shape index (κ3) is 6.01. The second-order valence-electron chi connectivity index (χ2n) is 4.57. The molecule has 0 radical (unpaired) electrons. The summed E-state index contributed by atoms with van der Waals surface area (Å²) in [4.78, 5) is 0. The Balaban J connectivity index is 2.09. The summed E-state index contributed by atoms with van der Waals surface area (Å²) in [5, 5.41) is 3.33. The van der Waals surface area contributed by atoms with Crippen molar-refractivity contribution in [3.05, 3.63) is 29.6 Å². The molecule has 0 aliphatic rings. The van der Waals surface area contributed by atoms with E-state index in [1.54, 1.807) is 6.07 Å². The Morgan fingerprint density at radius 2 is 2.00 bits per heavy atom. The van der Waals surface area contributed by atoms with E-state index in [0.29, 0.717) is 12.4 Å². The van der Waals surface area contributed by atoms with Gasteiger partial charge in [-0.1, -0.05) is 32.3 Å². The maximum absolute atomic E-state index is 13.0. The largest absolute Gasteiger partial charge is 0.492 e. The standard InChI is InChI=1S/C15H24FNO/c1-3-4-5-6-9-17-10-11-18-15-12-14(16)8-7-13(15)2/h7-8,12,17H,3-6,9-11H2,1-2H3. The number of hydrogen-bond acceptors (Lipinski definition) is 2. The highest BCUT2D eigenvalue weighted by Gasteiger charge is 2.00. The first-order valence-electron chi connectivity index (χ1n) is 6.83. The number of unbranched alkanes of at least 4 members (excludes halogenated alkanes) is 3. The third-order valence-electron chi connectivity index (χ3n) is 2.89. The highest BCUT2D eigenvalue weighted by molar-refractivity contribution is 5.32. The second-order valence-corrected chi connectivity index (χ2v) is 4.57. The molecule has 1 aromatic carbocycles. The average molecular weight is 253 g/mol. The summed E-state index contributed by atoms with van der Waals surface area (Å²) < 4.78 is 18.5. The molecule has 0 aliphatic heterocycles. The van der Waals surface area contributed by atoms with Crippen LogP contribution in [0.1, 0.15) is 38.2 Å². The van der Waals surface area contributed by atoms with Crippen LogP contribution in [-0.4, -0.2) is 19.7 Å². The molecule has 0 heterocycles. The van der Waals surface area contributed by atoms with Gasteiger partial charge in [-0.05, 0) is 31.5 Å². The Morgan fingerprint density at radius 1 is 1.17 bits per heavy atom. The van der Waals surface area contributed by atoms with Gasteiger partial charge < -0.3 is 10.1 Å². The summed E-state index contributed by atoms with van der Waals surface area (Å²) in [6.45, 7) is 6.56. The molecule has 0 bridgehead atoms. The van der Waals surface area contributed by atoms with Crippen molar-refractivity contribution in [1.29, 1.82) is 0 Å². The van der Waals surface area contributed by atoms with Gasteiger partial charge in [0.15, 0.2) is 0 Å². The highest BCUT2D eigenvalue weighted by Crippen LogP contribution is 2.18. The van der Waals surface area contributed by atoms with Gasteiger partial charge in [0.1, 0.15) is 18.2 Å². The Morgan fingerprint density at radius 3 is 2.78 bits per heavy atom. The van der Waals surface area contributed by atoms with Crippen LogP contribution in [0.15, 0.2) is 18.2 Å². The van der Waals surface area contributed by atoms with Gasteiger partial charge in [-0.25, -0.2) is 4.39 Å². The van der Waals surface area contributed by atoms with Crippen molar-refractivity contribution < 1.29 is 9.13 Å². The first-order chi connectivity index (χ1) is 8.74. The fourth-order valence-electron chi connectivity index (χ4n) is 1.76. The van der Waals surface area contributed by atoms with E-state index in [0.717, 1.165) is 18.7 Å². The SMILES string of the molecule is CCCCCCNCCOc1cc(F)ccc1C. The molecule has 18 heavy (non-hydrogen) atoms. The Bertz CT molecular complexity index is 341. The van der Waals surface area contributed by atoms with E-state index in [1.165, 1.54) is 37.8 Å². The summed E-state index contributed by atoms with van der Waals surface area (Å²) in [6, 6.07) is 4.63. The summed E-state index contributed by atoms with van der Waals surface area (Å²) in [5.41, 5.74) is 0.972. The molecular formula is C15H24FNO. The van der Waals surface area contributed by atoms with Gasteiger partial charge in [-0.2, -0.15) is 0 Å². The molecule has 0 amide bonds. The quantitative estimate of drug-likeness (QED) is 0.678. The predicted octanol–water partition coefficient (Wildman–Crippen LogP) is 3.68. The molecule has 0 atom stereocenters. The third-order valence-corrected chi connectivity index (χ3v) is 2.89. The molecule has 1 N–H and O–H groups in total. The number of aryl methyl sites for hydroxylation is 1. The Kier molecular flexibility index (Phi) is 7.42. The van der Waals surface area contributed by atoms with E-state index < -0.39 is 0 Å². The van der Waals surface area contributed by atoms with Crippen molar-refractivity contribution in [2.75, 3.05) is 19.7 Å². The zero-order valence-corrected chi connectivity index (χ0v) is 11.5. The van der Waals surface area contributed by atoms with E-state index in [2.05, 4.69) is 12.2 Å². The fraction of sp³-hybridized carbons (Fsp3) is 0.600. The van der Waals surface area contributed by atoms with Gasteiger partial charge in [0, 0.05) is 12.6 Å². The number of rotatable bonds is 9. The van der Waals surface area contributed by atoms with Crippen LogP contribution in [0, 0.1) is 12.7 Å². The van der Waals surface area contributed by atoms with Crippen molar-refractivity contribution in [2.24, 2.45) is 0 Å². The molecule has 2 nitrogen and oxygen atoms in total. The predicted molar refractivity (Wildman–Crippen MR) is 73.6 cm³/mol. The van der Waals surface area contributed by atoms with Crippen LogP contribution in [0.5, 0.6) is 5.75 Å². The van der Waals surface area contributed by atoms with E-state index in [1.807, 2.05) is 6.92 Å². The molecular weight excluding hydrogens is 229 g/mol. The van der Waals surface area contributed by atoms with Crippen molar-refractivity contribution in [3.63, 3.8) is 0 Å². The minimum atomic E-state index is -0.247. The second kappa shape index (κ2) is 8.92. The lowest BCUT2D eigenvalue weighted by atomic mass is 10.2. The van der Waals surface area contributed by atoms with Crippen molar-refractivity contribution in [1.82, 2.24) is 5.32 Å². The zero-order valence-electron chi connectivity index (χ0n) is 11.5. The normalized spacial score (nSPS) is 10.6. The highest BCUT2D eigenvalue weighted by atomic mass is 19.1. The molecule has 102 valence electrons. The van der Waals surface area contributed by atoms with Gasteiger partial charge in [-0.15, -0.1) is 0 Å². The molecule has 0 saturated carbocycles. The molecule has 0 saturated heterocycles. The lowest BCUT2D eigenvalue weighted by molar-refractivity contribution is 0.310. The molecule has 0 spiro atoms. The molecule has 0 unspecified atom stereocenters. The van der Waals surface area contributed by atoms with Crippen LogP contribution in [-0.2, 0) is 0 Å². The van der Waals surface area contributed by atoms with Gasteiger partial charge in [0.2, 0.25) is 0 Å². The maximum atomic E-state index is 13.0. The number of halogens is 1.